The highest BCUT2D eigenvalue weighted by molar-refractivity contribution is 6.36. The van der Waals surface area contributed by atoms with Crippen molar-refractivity contribution in [2.75, 3.05) is 0 Å². The van der Waals surface area contributed by atoms with Gasteiger partial charge in [0.1, 0.15) is 5.75 Å². The number of hydrazone groups is 1. The zero-order valence-electron chi connectivity index (χ0n) is 11.7. The number of nitrogens with zero attached hydrogens (tertiary/aromatic N) is 2. The Bertz CT molecular complexity index is 855. The van der Waals surface area contributed by atoms with E-state index in [1.807, 2.05) is 0 Å². The van der Waals surface area contributed by atoms with Gasteiger partial charge in [0.2, 0.25) is 5.75 Å². The zero-order chi connectivity index (χ0) is 17.9. The smallest absolute Gasteiger partial charge is 0.311 e. The number of hydrogen-bond acceptors (Lipinski definition) is 6. The Kier molecular flexibility index (Phi) is 5.22. The summed E-state index contributed by atoms with van der Waals surface area (Å²) >= 11 is 11.5. The van der Waals surface area contributed by atoms with Crippen molar-refractivity contribution in [3.63, 3.8) is 0 Å². The normalized spacial score (nSPS) is 10.8. The molecule has 0 spiro atoms. The predicted molar refractivity (Wildman–Crippen MR) is 87.9 cm³/mol. The number of aromatic hydroxyl groups is 2. The van der Waals surface area contributed by atoms with E-state index in [4.69, 9.17) is 23.2 Å². The molecule has 0 fully saturated rings. The fraction of sp³-hybridized carbons (Fsp3) is 0. The van der Waals surface area contributed by atoms with Crippen LogP contribution >= 0.6 is 23.2 Å². The molecule has 0 unspecified atom stereocenters. The third-order valence-corrected chi connectivity index (χ3v) is 3.39. The fourth-order valence-corrected chi connectivity index (χ4v) is 2.25. The molecule has 3 N–H and O–H groups in total. The van der Waals surface area contributed by atoms with Crippen molar-refractivity contribution >= 4 is 41.0 Å². The number of benzene rings is 2. The minimum Gasteiger partial charge on any atom is -0.506 e. The van der Waals surface area contributed by atoms with Crippen LogP contribution in [0.5, 0.6) is 11.5 Å². The summed E-state index contributed by atoms with van der Waals surface area (Å²) in [7, 11) is 0. The number of carbonyl (C=O) groups is 1. The minimum absolute atomic E-state index is 0.0258. The highest BCUT2D eigenvalue weighted by Gasteiger charge is 2.16. The number of nitro groups is 1. The summed E-state index contributed by atoms with van der Waals surface area (Å²) in [6.45, 7) is 0. The lowest BCUT2D eigenvalue weighted by Gasteiger charge is -2.05. The monoisotopic (exact) mass is 369 g/mol. The summed E-state index contributed by atoms with van der Waals surface area (Å²) < 4.78 is 0. The number of phenolic OH excluding ortho intramolecular Hbond substituents is 2. The Morgan fingerprint density at radius 3 is 2.62 bits per heavy atom. The van der Waals surface area contributed by atoms with Gasteiger partial charge < -0.3 is 10.2 Å². The van der Waals surface area contributed by atoms with Gasteiger partial charge in [0, 0.05) is 16.7 Å². The molecule has 8 nitrogen and oxygen atoms in total. The number of halogens is 2. The SMILES string of the molecule is O=C(NN=Cc1cccc([N+](=O)[O-])c1O)c1cc(Cl)cc(Cl)c1O. The van der Waals surface area contributed by atoms with Crippen LogP contribution < -0.4 is 5.43 Å². The number of phenols is 2. The Hall–Kier alpha value is -2.84. The van der Waals surface area contributed by atoms with E-state index in [0.717, 1.165) is 12.3 Å². The molecule has 2 rings (SSSR count). The van der Waals surface area contributed by atoms with E-state index in [1.54, 1.807) is 0 Å². The molecule has 2 aromatic carbocycles. The minimum atomic E-state index is -0.807. The van der Waals surface area contributed by atoms with Gasteiger partial charge >= 0.3 is 5.69 Å². The molecule has 0 aromatic heterocycles. The maximum Gasteiger partial charge on any atom is 0.311 e. The molecule has 0 saturated heterocycles. The molecule has 0 aliphatic carbocycles. The number of nitro benzene ring substituents is 1. The first-order valence-electron chi connectivity index (χ1n) is 6.29. The molecule has 2 aromatic rings. The van der Waals surface area contributed by atoms with Gasteiger partial charge in [-0.3, -0.25) is 14.9 Å². The fourth-order valence-electron chi connectivity index (χ4n) is 1.76. The van der Waals surface area contributed by atoms with Crippen molar-refractivity contribution in [3.8, 4) is 11.5 Å². The van der Waals surface area contributed by atoms with Crippen LogP contribution in [0.25, 0.3) is 0 Å². The van der Waals surface area contributed by atoms with Crippen molar-refractivity contribution in [2.45, 2.75) is 0 Å². The third-order valence-electron chi connectivity index (χ3n) is 2.89. The second-order valence-corrected chi connectivity index (χ2v) is 5.30. The second kappa shape index (κ2) is 7.16. The summed E-state index contributed by atoms with van der Waals surface area (Å²) in [5.74, 6) is -1.86. The largest absolute Gasteiger partial charge is 0.506 e. The van der Waals surface area contributed by atoms with E-state index < -0.39 is 28.0 Å². The van der Waals surface area contributed by atoms with Gasteiger partial charge in [-0.25, -0.2) is 5.43 Å². The molecule has 0 bridgehead atoms. The van der Waals surface area contributed by atoms with Crippen LogP contribution in [-0.2, 0) is 0 Å². The first-order chi connectivity index (χ1) is 11.3. The van der Waals surface area contributed by atoms with Gasteiger partial charge in [0.05, 0.1) is 21.7 Å². The summed E-state index contributed by atoms with van der Waals surface area (Å²) in [6, 6.07) is 6.30. The van der Waals surface area contributed by atoms with E-state index in [1.165, 1.54) is 24.3 Å². The van der Waals surface area contributed by atoms with Gasteiger partial charge in [0.25, 0.3) is 5.91 Å². The summed E-state index contributed by atoms with van der Waals surface area (Å²) in [6.07, 6.45) is 1.02. The molecule has 0 aliphatic rings. The van der Waals surface area contributed by atoms with Crippen molar-refractivity contribution in [3.05, 3.63) is 61.6 Å². The van der Waals surface area contributed by atoms with Gasteiger partial charge in [-0.2, -0.15) is 5.10 Å². The molecule has 0 heterocycles. The van der Waals surface area contributed by atoms with Crippen LogP contribution in [0.2, 0.25) is 10.0 Å². The molecular formula is C14H9Cl2N3O5. The molecule has 24 heavy (non-hydrogen) atoms. The maximum atomic E-state index is 11.9. The molecule has 124 valence electrons. The molecule has 1 amide bonds. The van der Waals surface area contributed by atoms with Crippen molar-refractivity contribution in [2.24, 2.45) is 5.10 Å². The number of nitrogens with one attached hydrogen (secondary N) is 1. The molecule has 10 heteroatoms. The standard InChI is InChI=1S/C14H9Cl2N3O5/c15-8-4-9(13(21)10(16)5-8)14(22)18-17-6-7-2-1-3-11(12(7)20)19(23)24/h1-6,20-21H,(H,18,22). The number of hydrogen-bond donors (Lipinski definition) is 3. The number of para-hydroxylation sites is 1. The molecule has 0 radical (unpaired) electrons. The molecule has 0 saturated carbocycles. The van der Waals surface area contributed by atoms with Crippen LogP contribution in [0.4, 0.5) is 5.69 Å². The van der Waals surface area contributed by atoms with Gasteiger partial charge in [0.15, 0.2) is 0 Å². The topological polar surface area (TPSA) is 125 Å². The quantitative estimate of drug-likeness (QED) is 0.433. The molecular weight excluding hydrogens is 361 g/mol. The summed E-state index contributed by atoms with van der Waals surface area (Å²) in [5.41, 5.74) is 1.42. The lowest BCUT2D eigenvalue weighted by atomic mass is 10.2. The number of rotatable bonds is 4. The lowest BCUT2D eigenvalue weighted by Crippen LogP contribution is -2.17. The van der Waals surface area contributed by atoms with E-state index in [2.05, 4.69) is 10.5 Å². The van der Waals surface area contributed by atoms with Gasteiger partial charge in [-0.05, 0) is 18.2 Å². The summed E-state index contributed by atoms with van der Waals surface area (Å²) in [5, 5.41) is 33.8. The molecule has 0 atom stereocenters. The van der Waals surface area contributed by atoms with E-state index in [0.29, 0.717) is 0 Å². The predicted octanol–water partition coefficient (Wildman–Crippen LogP) is 3.08. The highest BCUT2D eigenvalue weighted by Crippen LogP contribution is 2.31. The first kappa shape index (κ1) is 17.5. The number of amides is 1. The average Bonchev–Trinajstić information content (AvgIpc) is 2.52. The van der Waals surface area contributed by atoms with Crippen molar-refractivity contribution in [1.82, 2.24) is 5.43 Å². The lowest BCUT2D eigenvalue weighted by molar-refractivity contribution is -0.385. The van der Waals surface area contributed by atoms with Crippen molar-refractivity contribution < 1.29 is 19.9 Å². The van der Waals surface area contributed by atoms with Gasteiger partial charge in [-0.1, -0.05) is 29.3 Å². The van der Waals surface area contributed by atoms with Crippen molar-refractivity contribution in [1.29, 1.82) is 0 Å². The second-order valence-electron chi connectivity index (χ2n) is 4.45. The van der Waals surface area contributed by atoms with E-state index >= 15 is 0 Å². The Morgan fingerprint density at radius 2 is 1.96 bits per heavy atom. The van der Waals surface area contributed by atoms with Crippen LogP contribution in [0.1, 0.15) is 15.9 Å². The Morgan fingerprint density at radius 1 is 1.25 bits per heavy atom. The number of carbonyl (C=O) groups excluding carboxylic acids is 1. The average molecular weight is 370 g/mol. The van der Waals surface area contributed by atoms with Crippen LogP contribution in [0.3, 0.4) is 0 Å². The zero-order valence-corrected chi connectivity index (χ0v) is 13.2. The Labute approximate surface area is 145 Å². The summed E-state index contributed by atoms with van der Waals surface area (Å²) in [4.78, 5) is 21.9. The van der Waals surface area contributed by atoms with Gasteiger partial charge in [-0.15, -0.1) is 0 Å². The first-order valence-corrected chi connectivity index (χ1v) is 7.04. The molecule has 0 aliphatic heterocycles. The van der Waals surface area contributed by atoms with Crippen LogP contribution in [0, 0.1) is 10.1 Å². The highest BCUT2D eigenvalue weighted by atomic mass is 35.5. The Balaban J connectivity index is 2.20. The van der Waals surface area contributed by atoms with E-state index in [9.17, 15) is 25.1 Å². The van der Waals surface area contributed by atoms with E-state index in [-0.39, 0.29) is 21.2 Å². The van der Waals surface area contributed by atoms with Crippen LogP contribution in [0.15, 0.2) is 35.4 Å². The maximum absolute atomic E-state index is 11.9. The van der Waals surface area contributed by atoms with Crippen LogP contribution in [-0.4, -0.2) is 27.3 Å². The third kappa shape index (κ3) is 3.73.